The Kier molecular flexibility index (Phi) is 5.95. The van der Waals surface area contributed by atoms with Crippen LogP contribution in [0.3, 0.4) is 0 Å². The van der Waals surface area contributed by atoms with Gasteiger partial charge in [-0.2, -0.15) is 0 Å². The van der Waals surface area contributed by atoms with Gasteiger partial charge < -0.3 is 15.2 Å². The van der Waals surface area contributed by atoms with E-state index in [-0.39, 0.29) is 21.9 Å². The van der Waals surface area contributed by atoms with Crippen LogP contribution in [0.2, 0.25) is 0 Å². The number of fused-ring (bicyclic) bond motifs is 1. The zero-order valence-corrected chi connectivity index (χ0v) is 22.2. The third-order valence-electron chi connectivity index (χ3n) is 6.96. The van der Waals surface area contributed by atoms with Crippen LogP contribution in [0.25, 0.3) is 22.3 Å². The van der Waals surface area contributed by atoms with Gasteiger partial charge in [0, 0.05) is 51.9 Å². The second-order valence-corrected chi connectivity index (χ2v) is 13.7. The van der Waals surface area contributed by atoms with Crippen LogP contribution in [0.15, 0.2) is 41.6 Å². The van der Waals surface area contributed by atoms with Crippen molar-refractivity contribution >= 4 is 26.6 Å². The maximum absolute atomic E-state index is 12.8. The summed E-state index contributed by atoms with van der Waals surface area (Å²) in [5.74, 6) is 1.12. The van der Waals surface area contributed by atoms with Crippen LogP contribution < -0.4 is 10.6 Å². The quantitative estimate of drug-likeness (QED) is 0.430. The zero-order chi connectivity index (χ0) is 25.0. The Hall–Kier alpha value is -2.45. The fourth-order valence-electron chi connectivity index (χ4n) is 5.68. The van der Waals surface area contributed by atoms with Crippen molar-refractivity contribution in [3.63, 3.8) is 0 Å². The molecule has 5 rings (SSSR count). The van der Waals surface area contributed by atoms with Crippen LogP contribution in [0.1, 0.15) is 72.8 Å². The number of nitrogens with zero attached hydrogens (tertiary/aromatic N) is 3. The van der Waals surface area contributed by atoms with E-state index in [4.69, 9.17) is 4.98 Å². The Labute approximate surface area is 208 Å². The summed E-state index contributed by atoms with van der Waals surface area (Å²) < 4.78 is 28.1. The lowest BCUT2D eigenvalue weighted by Crippen LogP contribution is -2.57. The van der Waals surface area contributed by atoms with Gasteiger partial charge >= 0.3 is 0 Å². The molecule has 188 valence electrons. The monoisotopic (exact) mass is 495 g/mol. The van der Waals surface area contributed by atoms with Crippen molar-refractivity contribution in [2.24, 2.45) is 0 Å². The van der Waals surface area contributed by atoms with Gasteiger partial charge in [-0.25, -0.2) is 18.4 Å². The fraction of sp³-hybridized carbons (Fsp3) is 0.556. The van der Waals surface area contributed by atoms with E-state index in [1.54, 1.807) is 6.07 Å². The van der Waals surface area contributed by atoms with Crippen LogP contribution in [-0.4, -0.2) is 45.8 Å². The number of sulfone groups is 1. The molecule has 2 fully saturated rings. The van der Waals surface area contributed by atoms with Crippen molar-refractivity contribution in [1.82, 2.24) is 19.9 Å². The van der Waals surface area contributed by atoms with E-state index in [1.165, 1.54) is 5.52 Å². The number of rotatable bonds is 7. The number of piperidine rings is 1. The highest BCUT2D eigenvalue weighted by Crippen LogP contribution is 2.38. The molecule has 2 aromatic heterocycles. The summed E-state index contributed by atoms with van der Waals surface area (Å²) >= 11 is 0. The Morgan fingerprint density at radius 2 is 1.77 bits per heavy atom. The van der Waals surface area contributed by atoms with Gasteiger partial charge in [0.05, 0.1) is 5.75 Å². The number of benzene rings is 1. The van der Waals surface area contributed by atoms with Gasteiger partial charge in [-0.05, 0) is 84.1 Å². The summed E-state index contributed by atoms with van der Waals surface area (Å²) in [7, 11) is -3.45. The Morgan fingerprint density at radius 3 is 2.43 bits per heavy atom. The minimum absolute atomic E-state index is 0.0617. The standard InChI is InChI=1S/C27H37N5O2S/c1-6-13-35(33,34)24-15-23(28-20-8-9-20)29-25(30-24)19-7-10-22-18(14-19)11-12-32(22)21-16-26(2,3)31-27(4,5)17-21/h7,10-12,14-15,20-21,31H,6,8-9,13,16-17H2,1-5H3,(H,28,29,30). The van der Waals surface area contributed by atoms with Crippen LogP contribution >= 0.6 is 0 Å². The average molecular weight is 496 g/mol. The minimum Gasteiger partial charge on any atom is -0.367 e. The smallest absolute Gasteiger partial charge is 0.195 e. The summed E-state index contributed by atoms with van der Waals surface area (Å²) in [5.41, 5.74) is 2.13. The molecule has 8 heteroatoms. The zero-order valence-electron chi connectivity index (χ0n) is 21.4. The molecule has 3 aromatic rings. The average Bonchev–Trinajstić information content (AvgIpc) is 3.46. The molecule has 2 N–H and O–H groups in total. The van der Waals surface area contributed by atoms with Crippen molar-refractivity contribution in [3.8, 4) is 11.4 Å². The molecule has 0 radical (unpaired) electrons. The Morgan fingerprint density at radius 1 is 1.06 bits per heavy atom. The lowest BCUT2D eigenvalue weighted by Gasteiger charge is -2.47. The Balaban J connectivity index is 1.52. The largest absolute Gasteiger partial charge is 0.367 e. The normalized spacial score (nSPS) is 20.3. The highest BCUT2D eigenvalue weighted by atomic mass is 32.2. The number of nitrogens with one attached hydrogen (secondary N) is 2. The van der Waals surface area contributed by atoms with Crippen LogP contribution in [0.4, 0.5) is 5.82 Å². The third kappa shape index (κ3) is 5.23. The summed E-state index contributed by atoms with van der Waals surface area (Å²) in [6.45, 7) is 11.0. The van der Waals surface area contributed by atoms with Gasteiger partial charge in [0.25, 0.3) is 0 Å². The lowest BCUT2D eigenvalue weighted by molar-refractivity contribution is 0.134. The molecule has 35 heavy (non-hydrogen) atoms. The molecule has 0 bridgehead atoms. The van der Waals surface area contributed by atoms with E-state index in [9.17, 15) is 8.42 Å². The molecule has 7 nitrogen and oxygen atoms in total. The first-order valence-corrected chi connectivity index (χ1v) is 14.4. The molecular weight excluding hydrogens is 458 g/mol. The van der Waals surface area contributed by atoms with E-state index in [0.29, 0.717) is 30.1 Å². The van der Waals surface area contributed by atoms with E-state index in [0.717, 1.165) is 36.6 Å². The van der Waals surface area contributed by atoms with E-state index >= 15 is 0 Å². The summed E-state index contributed by atoms with van der Waals surface area (Å²) in [6.07, 6.45) is 7.01. The highest BCUT2D eigenvalue weighted by molar-refractivity contribution is 7.91. The van der Waals surface area contributed by atoms with Gasteiger partial charge in [-0.15, -0.1) is 0 Å². The summed E-state index contributed by atoms with van der Waals surface area (Å²) in [6, 6.07) is 10.7. The van der Waals surface area contributed by atoms with Crippen molar-refractivity contribution in [3.05, 3.63) is 36.5 Å². The first kappa shape index (κ1) is 24.3. The molecule has 2 aliphatic rings. The van der Waals surface area contributed by atoms with Crippen molar-refractivity contribution in [1.29, 1.82) is 0 Å². The SMILES string of the molecule is CCCS(=O)(=O)c1cc(NC2CC2)nc(-c2ccc3c(ccn3C3CC(C)(C)NC(C)(C)C3)c2)n1. The number of aromatic nitrogens is 3. The van der Waals surface area contributed by atoms with Gasteiger partial charge in [0.15, 0.2) is 20.7 Å². The van der Waals surface area contributed by atoms with E-state index in [2.05, 4.69) is 72.3 Å². The molecular formula is C27H37N5O2S. The first-order chi connectivity index (χ1) is 16.4. The summed E-state index contributed by atoms with van der Waals surface area (Å²) in [5, 5.41) is 8.33. The third-order valence-corrected chi connectivity index (χ3v) is 8.76. The van der Waals surface area contributed by atoms with E-state index < -0.39 is 9.84 Å². The highest BCUT2D eigenvalue weighted by Gasteiger charge is 2.38. The molecule has 1 saturated heterocycles. The molecule has 1 aliphatic heterocycles. The molecule has 0 amide bonds. The number of anilines is 1. The fourth-order valence-corrected chi connectivity index (χ4v) is 6.95. The van der Waals surface area contributed by atoms with Crippen molar-refractivity contribution in [2.45, 2.75) is 94.9 Å². The minimum atomic E-state index is -3.45. The second-order valence-electron chi connectivity index (χ2n) is 11.6. The number of hydrogen-bond donors (Lipinski definition) is 2. The van der Waals surface area contributed by atoms with Crippen molar-refractivity contribution in [2.75, 3.05) is 11.1 Å². The maximum atomic E-state index is 12.8. The van der Waals surface area contributed by atoms with Crippen LogP contribution in [0, 0.1) is 0 Å². The topological polar surface area (TPSA) is 88.9 Å². The second kappa shape index (κ2) is 8.59. The maximum Gasteiger partial charge on any atom is 0.195 e. The van der Waals surface area contributed by atoms with Crippen LogP contribution in [0.5, 0.6) is 0 Å². The molecule has 3 heterocycles. The summed E-state index contributed by atoms with van der Waals surface area (Å²) in [4.78, 5) is 9.21. The van der Waals surface area contributed by atoms with Crippen molar-refractivity contribution < 1.29 is 8.42 Å². The Bertz CT molecular complexity index is 1340. The number of hydrogen-bond acceptors (Lipinski definition) is 6. The molecule has 0 spiro atoms. The molecule has 0 unspecified atom stereocenters. The predicted molar refractivity (Wildman–Crippen MR) is 142 cm³/mol. The van der Waals surface area contributed by atoms with Gasteiger partial charge in [0.2, 0.25) is 0 Å². The first-order valence-electron chi connectivity index (χ1n) is 12.7. The predicted octanol–water partition coefficient (Wildman–Crippen LogP) is 5.34. The molecule has 1 aliphatic carbocycles. The molecule has 1 aromatic carbocycles. The molecule has 0 atom stereocenters. The lowest BCUT2D eigenvalue weighted by atomic mass is 9.79. The van der Waals surface area contributed by atoms with Crippen LogP contribution in [-0.2, 0) is 9.84 Å². The van der Waals surface area contributed by atoms with Gasteiger partial charge in [-0.1, -0.05) is 6.92 Å². The van der Waals surface area contributed by atoms with Gasteiger partial charge in [0.1, 0.15) is 5.82 Å². The molecule has 1 saturated carbocycles. The van der Waals surface area contributed by atoms with E-state index in [1.807, 2.05) is 13.0 Å². The van der Waals surface area contributed by atoms with Gasteiger partial charge in [-0.3, -0.25) is 0 Å².